The Hall–Kier alpha value is -2.11. The van der Waals surface area contributed by atoms with E-state index in [1.165, 1.54) is 11.0 Å². The predicted molar refractivity (Wildman–Crippen MR) is 74.5 cm³/mol. The van der Waals surface area contributed by atoms with Crippen molar-refractivity contribution in [1.82, 2.24) is 15.2 Å². The average molecular weight is 277 g/mol. The molecule has 1 aliphatic heterocycles. The van der Waals surface area contributed by atoms with Crippen LogP contribution in [0.2, 0.25) is 0 Å². The molecule has 1 aromatic heterocycles. The van der Waals surface area contributed by atoms with Crippen molar-refractivity contribution in [3.63, 3.8) is 0 Å². The number of aryl methyl sites for hydroxylation is 1. The molecule has 1 aliphatic rings. The van der Waals surface area contributed by atoms with Crippen LogP contribution in [0, 0.1) is 6.92 Å². The van der Waals surface area contributed by atoms with Gasteiger partial charge in [0, 0.05) is 19.3 Å². The number of carbonyl (C=O) groups excluding carboxylic acids is 2. The molecule has 6 nitrogen and oxygen atoms in total. The lowest BCUT2D eigenvalue weighted by atomic mass is 10.0. The van der Waals surface area contributed by atoms with Crippen LogP contribution in [0.25, 0.3) is 0 Å². The monoisotopic (exact) mass is 277 g/mol. The molecule has 2 rings (SSSR count). The third-order valence-electron chi connectivity index (χ3n) is 3.60. The molecule has 1 unspecified atom stereocenters. The van der Waals surface area contributed by atoms with Gasteiger partial charge in [-0.1, -0.05) is 0 Å². The molecule has 2 N–H and O–H groups in total. The Morgan fingerprint density at radius 1 is 1.35 bits per heavy atom. The molecular weight excluding hydrogens is 258 g/mol. The van der Waals surface area contributed by atoms with Gasteiger partial charge in [-0.3, -0.25) is 14.4 Å². The topological polar surface area (TPSA) is 82.3 Å². The SMILES string of the molecule is CNC(=O)C1CCCCN1C(=O)c1ccc(C)[nH]c1=O. The van der Waals surface area contributed by atoms with Crippen LogP contribution in [0.5, 0.6) is 0 Å². The van der Waals surface area contributed by atoms with E-state index in [-0.39, 0.29) is 17.4 Å². The number of amides is 2. The molecule has 0 radical (unpaired) electrons. The number of likely N-dealkylation sites (N-methyl/N-ethyl adjacent to an activating group) is 1. The van der Waals surface area contributed by atoms with Crippen LogP contribution in [0.15, 0.2) is 16.9 Å². The van der Waals surface area contributed by atoms with Gasteiger partial charge in [0.25, 0.3) is 11.5 Å². The van der Waals surface area contributed by atoms with E-state index >= 15 is 0 Å². The van der Waals surface area contributed by atoms with Gasteiger partial charge in [0.05, 0.1) is 0 Å². The summed E-state index contributed by atoms with van der Waals surface area (Å²) in [6, 6.07) is 2.72. The van der Waals surface area contributed by atoms with Gasteiger partial charge in [-0.25, -0.2) is 0 Å². The normalized spacial score (nSPS) is 18.7. The highest BCUT2D eigenvalue weighted by Crippen LogP contribution is 2.19. The smallest absolute Gasteiger partial charge is 0.260 e. The first kappa shape index (κ1) is 14.3. The summed E-state index contributed by atoms with van der Waals surface area (Å²) in [4.78, 5) is 40.3. The predicted octanol–water partition coefficient (Wildman–Crippen LogP) is 0.424. The summed E-state index contributed by atoms with van der Waals surface area (Å²) in [5.41, 5.74) is 0.385. The van der Waals surface area contributed by atoms with Gasteiger partial charge in [0.15, 0.2) is 0 Å². The van der Waals surface area contributed by atoms with Gasteiger partial charge in [-0.2, -0.15) is 0 Å². The second-order valence-corrected chi connectivity index (χ2v) is 5.01. The van der Waals surface area contributed by atoms with Crippen LogP contribution in [-0.2, 0) is 4.79 Å². The van der Waals surface area contributed by atoms with E-state index in [1.54, 1.807) is 20.0 Å². The quantitative estimate of drug-likeness (QED) is 0.822. The van der Waals surface area contributed by atoms with Crippen LogP contribution in [0.4, 0.5) is 0 Å². The minimum absolute atomic E-state index is 0.0893. The number of hydrogen-bond acceptors (Lipinski definition) is 3. The molecular formula is C14H19N3O3. The molecule has 108 valence electrons. The van der Waals surface area contributed by atoms with Gasteiger partial charge >= 0.3 is 0 Å². The molecule has 20 heavy (non-hydrogen) atoms. The van der Waals surface area contributed by atoms with E-state index in [0.717, 1.165) is 12.8 Å². The van der Waals surface area contributed by atoms with E-state index in [0.29, 0.717) is 18.7 Å². The lowest BCUT2D eigenvalue weighted by Gasteiger charge is -2.34. The Morgan fingerprint density at radius 2 is 2.10 bits per heavy atom. The Morgan fingerprint density at radius 3 is 2.75 bits per heavy atom. The first-order chi connectivity index (χ1) is 9.54. The van der Waals surface area contributed by atoms with Gasteiger partial charge < -0.3 is 15.2 Å². The maximum Gasteiger partial charge on any atom is 0.260 e. The zero-order valence-electron chi connectivity index (χ0n) is 11.7. The van der Waals surface area contributed by atoms with Gasteiger partial charge in [-0.05, 0) is 38.3 Å². The summed E-state index contributed by atoms with van der Waals surface area (Å²) < 4.78 is 0. The summed E-state index contributed by atoms with van der Waals surface area (Å²) >= 11 is 0. The molecule has 1 atom stereocenters. The van der Waals surface area contributed by atoms with Crippen molar-refractivity contribution in [3.05, 3.63) is 33.7 Å². The fraction of sp³-hybridized carbons (Fsp3) is 0.500. The van der Waals surface area contributed by atoms with Crippen molar-refractivity contribution < 1.29 is 9.59 Å². The van der Waals surface area contributed by atoms with Crippen molar-refractivity contribution in [2.24, 2.45) is 0 Å². The van der Waals surface area contributed by atoms with Crippen LogP contribution in [0.3, 0.4) is 0 Å². The summed E-state index contributed by atoms with van der Waals surface area (Å²) in [7, 11) is 1.55. The minimum atomic E-state index is -0.484. The molecule has 6 heteroatoms. The summed E-state index contributed by atoms with van der Waals surface area (Å²) in [6.07, 6.45) is 2.39. The number of H-pyrrole nitrogens is 1. The average Bonchev–Trinajstić information content (AvgIpc) is 2.46. The lowest BCUT2D eigenvalue weighted by molar-refractivity contribution is -0.126. The Balaban J connectivity index is 2.30. The fourth-order valence-electron chi connectivity index (χ4n) is 2.51. The summed E-state index contributed by atoms with van der Waals surface area (Å²) in [6.45, 7) is 2.26. The number of pyridine rings is 1. The maximum atomic E-state index is 12.5. The molecule has 1 saturated heterocycles. The van der Waals surface area contributed by atoms with Crippen molar-refractivity contribution in [2.45, 2.75) is 32.2 Å². The highest BCUT2D eigenvalue weighted by Gasteiger charge is 2.32. The standard InChI is InChI=1S/C14H19N3O3/c1-9-6-7-10(12(18)16-9)14(20)17-8-4-3-5-11(17)13(19)15-2/h6-7,11H,3-5,8H2,1-2H3,(H,15,19)(H,16,18). The third-order valence-corrected chi connectivity index (χ3v) is 3.60. The maximum absolute atomic E-state index is 12.5. The highest BCUT2D eigenvalue weighted by molar-refractivity contribution is 5.97. The van der Waals surface area contributed by atoms with Gasteiger partial charge in [-0.15, -0.1) is 0 Å². The highest BCUT2D eigenvalue weighted by atomic mass is 16.2. The number of carbonyl (C=O) groups is 2. The molecule has 0 aromatic carbocycles. The minimum Gasteiger partial charge on any atom is -0.357 e. The summed E-state index contributed by atoms with van der Waals surface area (Å²) in [5, 5.41) is 2.58. The van der Waals surface area contributed by atoms with Crippen molar-refractivity contribution >= 4 is 11.8 Å². The van der Waals surface area contributed by atoms with E-state index in [2.05, 4.69) is 10.3 Å². The van der Waals surface area contributed by atoms with Crippen LogP contribution >= 0.6 is 0 Å². The van der Waals surface area contributed by atoms with Crippen LogP contribution in [-0.4, -0.2) is 41.3 Å². The first-order valence-electron chi connectivity index (χ1n) is 6.77. The zero-order chi connectivity index (χ0) is 14.7. The Labute approximate surface area is 117 Å². The second-order valence-electron chi connectivity index (χ2n) is 5.01. The molecule has 0 spiro atoms. The Bertz CT molecular complexity index is 579. The second kappa shape index (κ2) is 5.90. The van der Waals surface area contributed by atoms with E-state index in [9.17, 15) is 14.4 Å². The number of hydrogen-bond donors (Lipinski definition) is 2. The van der Waals surface area contributed by atoms with Crippen molar-refractivity contribution in [3.8, 4) is 0 Å². The zero-order valence-corrected chi connectivity index (χ0v) is 11.7. The number of rotatable bonds is 2. The molecule has 0 saturated carbocycles. The molecule has 2 heterocycles. The molecule has 1 aromatic rings. The number of piperidine rings is 1. The molecule has 0 aliphatic carbocycles. The van der Waals surface area contributed by atoms with Crippen molar-refractivity contribution in [1.29, 1.82) is 0 Å². The number of nitrogens with zero attached hydrogens (tertiary/aromatic N) is 1. The summed E-state index contributed by atoms with van der Waals surface area (Å²) in [5.74, 6) is -0.554. The van der Waals surface area contributed by atoms with Crippen molar-refractivity contribution in [2.75, 3.05) is 13.6 Å². The molecule has 1 fully saturated rings. The fourth-order valence-corrected chi connectivity index (χ4v) is 2.51. The molecule has 0 bridgehead atoms. The van der Waals surface area contributed by atoms with Gasteiger partial charge in [0.1, 0.15) is 11.6 Å². The lowest BCUT2D eigenvalue weighted by Crippen LogP contribution is -2.52. The number of aromatic nitrogens is 1. The first-order valence-corrected chi connectivity index (χ1v) is 6.77. The van der Waals surface area contributed by atoms with Crippen LogP contribution in [0.1, 0.15) is 35.3 Å². The van der Waals surface area contributed by atoms with E-state index in [1.807, 2.05) is 0 Å². The van der Waals surface area contributed by atoms with E-state index in [4.69, 9.17) is 0 Å². The number of likely N-dealkylation sites (tertiary alicyclic amines) is 1. The Kier molecular flexibility index (Phi) is 4.22. The largest absolute Gasteiger partial charge is 0.357 e. The van der Waals surface area contributed by atoms with Gasteiger partial charge in [0.2, 0.25) is 5.91 Å². The van der Waals surface area contributed by atoms with Crippen LogP contribution < -0.4 is 10.9 Å². The number of aromatic amines is 1. The third kappa shape index (κ3) is 2.74. The van der Waals surface area contributed by atoms with E-state index < -0.39 is 11.6 Å². The number of nitrogens with one attached hydrogen (secondary N) is 2. The molecule has 2 amide bonds.